The van der Waals surface area contributed by atoms with Crippen LogP contribution in [0.3, 0.4) is 0 Å². The standard InChI is InChI=1S/C12H15N3O4/c1-2-19-9(11(16)17)6-8-15-12(18)14-7-4-3-5-10(14)13-15/h3-5,7,9H,2,6,8H2,1H3,(H,16,17). The first-order chi connectivity index (χ1) is 9.13. The number of carbonyl (C=O) groups is 1. The first kappa shape index (κ1) is 13.3. The predicted octanol–water partition coefficient (Wildman–Crippen LogP) is 0.376. The highest BCUT2D eigenvalue weighted by Crippen LogP contribution is 2.02. The second kappa shape index (κ2) is 5.66. The molecule has 0 aromatic carbocycles. The average molecular weight is 265 g/mol. The van der Waals surface area contributed by atoms with Crippen molar-refractivity contribution in [2.24, 2.45) is 0 Å². The Morgan fingerprint density at radius 1 is 1.53 bits per heavy atom. The van der Waals surface area contributed by atoms with E-state index in [1.165, 1.54) is 9.08 Å². The van der Waals surface area contributed by atoms with E-state index < -0.39 is 12.1 Å². The number of pyridine rings is 1. The molecule has 2 rings (SSSR count). The Balaban J connectivity index is 2.15. The van der Waals surface area contributed by atoms with E-state index in [2.05, 4.69) is 5.10 Å². The molecule has 2 aromatic rings. The number of ether oxygens (including phenoxy) is 1. The molecule has 0 aliphatic carbocycles. The maximum Gasteiger partial charge on any atom is 0.350 e. The highest BCUT2D eigenvalue weighted by molar-refractivity contribution is 5.72. The minimum Gasteiger partial charge on any atom is -0.479 e. The molecule has 0 saturated carbocycles. The third kappa shape index (κ3) is 2.82. The number of aliphatic carboxylic acids is 1. The normalized spacial score (nSPS) is 12.7. The van der Waals surface area contributed by atoms with Crippen LogP contribution in [0.2, 0.25) is 0 Å². The molecule has 0 amide bonds. The van der Waals surface area contributed by atoms with Gasteiger partial charge in [-0.15, -0.1) is 5.10 Å². The SMILES string of the molecule is CCOC(CCn1nc2ccccn2c1=O)C(=O)O. The lowest BCUT2D eigenvalue weighted by atomic mass is 10.2. The van der Waals surface area contributed by atoms with Gasteiger partial charge in [0.15, 0.2) is 11.8 Å². The molecule has 0 saturated heterocycles. The van der Waals surface area contributed by atoms with Gasteiger partial charge in [0.05, 0.1) is 0 Å². The van der Waals surface area contributed by atoms with Gasteiger partial charge in [0, 0.05) is 25.8 Å². The number of rotatable bonds is 6. The number of fused-ring (bicyclic) bond motifs is 1. The van der Waals surface area contributed by atoms with Crippen molar-refractivity contribution in [1.82, 2.24) is 14.2 Å². The van der Waals surface area contributed by atoms with Crippen LogP contribution in [0, 0.1) is 0 Å². The Morgan fingerprint density at radius 3 is 2.95 bits per heavy atom. The maximum absolute atomic E-state index is 11.9. The number of aryl methyl sites for hydroxylation is 1. The third-order valence-electron chi connectivity index (χ3n) is 2.73. The number of nitrogens with zero attached hydrogens (tertiary/aromatic N) is 3. The van der Waals surface area contributed by atoms with Gasteiger partial charge >= 0.3 is 11.7 Å². The molecule has 0 radical (unpaired) electrons. The first-order valence-electron chi connectivity index (χ1n) is 6.02. The summed E-state index contributed by atoms with van der Waals surface area (Å²) in [5.74, 6) is -1.03. The monoisotopic (exact) mass is 265 g/mol. The van der Waals surface area contributed by atoms with Gasteiger partial charge in [-0.1, -0.05) is 6.07 Å². The van der Waals surface area contributed by atoms with Crippen molar-refractivity contribution < 1.29 is 14.6 Å². The summed E-state index contributed by atoms with van der Waals surface area (Å²) in [4.78, 5) is 22.9. The van der Waals surface area contributed by atoms with Crippen molar-refractivity contribution >= 4 is 11.6 Å². The van der Waals surface area contributed by atoms with E-state index in [0.29, 0.717) is 12.3 Å². The molecular formula is C12H15N3O4. The van der Waals surface area contributed by atoms with E-state index in [4.69, 9.17) is 9.84 Å². The highest BCUT2D eigenvalue weighted by Gasteiger charge is 2.18. The minimum atomic E-state index is -1.03. The van der Waals surface area contributed by atoms with Crippen molar-refractivity contribution in [3.05, 3.63) is 34.9 Å². The van der Waals surface area contributed by atoms with Crippen molar-refractivity contribution in [1.29, 1.82) is 0 Å². The van der Waals surface area contributed by atoms with Crippen LogP contribution >= 0.6 is 0 Å². The van der Waals surface area contributed by atoms with E-state index >= 15 is 0 Å². The summed E-state index contributed by atoms with van der Waals surface area (Å²) in [6, 6.07) is 5.24. The summed E-state index contributed by atoms with van der Waals surface area (Å²) in [6.07, 6.45) is 0.910. The number of hydrogen-bond donors (Lipinski definition) is 1. The van der Waals surface area contributed by atoms with Crippen molar-refractivity contribution in [3.8, 4) is 0 Å². The van der Waals surface area contributed by atoms with Gasteiger partial charge in [-0.05, 0) is 19.1 Å². The number of aromatic nitrogens is 3. The number of carboxylic acid groups (broad SMARTS) is 1. The lowest BCUT2D eigenvalue weighted by Crippen LogP contribution is -2.28. The zero-order chi connectivity index (χ0) is 13.8. The molecule has 1 N–H and O–H groups in total. The van der Waals surface area contributed by atoms with Crippen LogP contribution in [-0.2, 0) is 16.1 Å². The highest BCUT2D eigenvalue weighted by atomic mass is 16.5. The van der Waals surface area contributed by atoms with E-state index in [-0.39, 0.29) is 18.7 Å². The molecule has 7 heteroatoms. The molecule has 0 bridgehead atoms. The molecule has 0 aliphatic heterocycles. The molecule has 19 heavy (non-hydrogen) atoms. The molecule has 2 aromatic heterocycles. The summed E-state index contributed by atoms with van der Waals surface area (Å²) < 4.78 is 7.76. The Hall–Kier alpha value is -2.15. The summed E-state index contributed by atoms with van der Waals surface area (Å²) in [5.41, 5.74) is 0.257. The maximum atomic E-state index is 11.9. The third-order valence-corrected chi connectivity index (χ3v) is 2.73. The Morgan fingerprint density at radius 2 is 2.32 bits per heavy atom. The van der Waals surface area contributed by atoms with Crippen molar-refractivity contribution in [3.63, 3.8) is 0 Å². The van der Waals surface area contributed by atoms with E-state index in [1.54, 1.807) is 31.3 Å². The van der Waals surface area contributed by atoms with Gasteiger partial charge in [-0.2, -0.15) is 0 Å². The molecule has 1 unspecified atom stereocenters. The number of carboxylic acids is 1. The molecular weight excluding hydrogens is 250 g/mol. The summed E-state index contributed by atoms with van der Waals surface area (Å²) in [5, 5.41) is 13.1. The van der Waals surface area contributed by atoms with Gasteiger partial charge in [0.25, 0.3) is 0 Å². The molecule has 2 heterocycles. The summed E-state index contributed by atoms with van der Waals surface area (Å²) in [7, 11) is 0. The van der Waals surface area contributed by atoms with E-state index in [9.17, 15) is 9.59 Å². The summed E-state index contributed by atoms with van der Waals surface area (Å²) in [6.45, 7) is 2.25. The van der Waals surface area contributed by atoms with Gasteiger partial charge in [-0.3, -0.25) is 4.40 Å². The van der Waals surface area contributed by atoms with Gasteiger partial charge in [0.2, 0.25) is 0 Å². The second-order valence-corrected chi connectivity index (χ2v) is 4.01. The topological polar surface area (TPSA) is 85.8 Å². The molecule has 1 atom stereocenters. The Kier molecular flexibility index (Phi) is 3.96. The van der Waals surface area contributed by atoms with Gasteiger partial charge in [-0.25, -0.2) is 14.3 Å². The van der Waals surface area contributed by atoms with E-state index in [1.807, 2.05) is 0 Å². The summed E-state index contributed by atoms with van der Waals surface area (Å²) >= 11 is 0. The second-order valence-electron chi connectivity index (χ2n) is 4.01. The van der Waals surface area contributed by atoms with Crippen LogP contribution in [0.4, 0.5) is 0 Å². The van der Waals surface area contributed by atoms with Gasteiger partial charge in [0.1, 0.15) is 0 Å². The van der Waals surface area contributed by atoms with Gasteiger partial charge < -0.3 is 9.84 Å². The van der Waals surface area contributed by atoms with Crippen LogP contribution in [-0.4, -0.2) is 38.0 Å². The smallest absolute Gasteiger partial charge is 0.350 e. The molecule has 0 spiro atoms. The molecule has 0 aliphatic rings. The van der Waals surface area contributed by atoms with Crippen LogP contribution < -0.4 is 5.69 Å². The van der Waals surface area contributed by atoms with Crippen LogP contribution in [0.1, 0.15) is 13.3 Å². The molecule has 102 valence electrons. The fourth-order valence-electron chi connectivity index (χ4n) is 1.83. The minimum absolute atomic E-state index is 0.201. The predicted molar refractivity (Wildman–Crippen MR) is 67.1 cm³/mol. The zero-order valence-electron chi connectivity index (χ0n) is 10.5. The fraction of sp³-hybridized carbons (Fsp3) is 0.417. The zero-order valence-corrected chi connectivity index (χ0v) is 10.5. The quantitative estimate of drug-likeness (QED) is 0.815. The van der Waals surface area contributed by atoms with Crippen LogP contribution in [0.15, 0.2) is 29.2 Å². The van der Waals surface area contributed by atoms with Crippen LogP contribution in [0.5, 0.6) is 0 Å². The van der Waals surface area contributed by atoms with Crippen LogP contribution in [0.25, 0.3) is 5.65 Å². The van der Waals surface area contributed by atoms with Crippen molar-refractivity contribution in [2.75, 3.05) is 6.61 Å². The molecule has 7 nitrogen and oxygen atoms in total. The Labute approximate surface area is 109 Å². The largest absolute Gasteiger partial charge is 0.479 e. The van der Waals surface area contributed by atoms with Crippen molar-refractivity contribution in [2.45, 2.75) is 26.0 Å². The van der Waals surface area contributed by atoms with E-state index in [0.717, 1.165) is 0 Å². The average Bonchev–Trinajstić information content (AvgIpc) is 2.72. The number of hydrogen-bond acceptors (Lipinski definition) is 4. The Bertz CT molecular complexity index is 631. The lowest BCUT2D eigenvalue weighted by Gasteiger charge is -2.11. The lowest BCUT2D eigenvalue weighted by molar-refractivity contribution is -0.150. The first-order valence-corrected chi connectivity index (χ1v) is 6.02. The molecule has 0 fully saturated rings. The fourth-order valence-corrected chi connectivity index (χ4v) is 1.83.